The second-order valence-corrected chi connectivity index (χ2v) is 6.03. The molecule has 1 atom stereocenters. The number of nitrogens with zero attached hydrogens (tertiary/aromatic N) is 1. The van der Waals surface area contributed by atoms with Crippen LogP contribution < -0.4 is 15.4 Å². The van der Waals surface area contributed by atoms with Crippen molar-refractivity contribution >= 4 is 17.5 Å². The maximum absolute atomic E-state index is 12.5. The van der Waals surface area contributed by atoms with Gasteiger partial charge < -0.3 is 15.4 Å². The third kappa shape index (κ3) is 5.60. The fourth-order valence-corrected chi connectivity index (χ4v) is 2.34. The van der Waals surface area contributed by atoms with Crippen LogP contribution in [0.15, 0.2) is 48.7 Å². The van der Waals surface area contributed by atoms with Gasteiger partial charge in [0.15, 0.2) is 0 Å². The van der Waals surface area contributed by atoms with Gasteiger partial charge in [-0.1, -0.05) is 44.2 Å². The Morgan fingerprint density at radius 3 is 2.40 bits per heavy atom. The Kier molecular flexibility index (Phi) is 6.51. The molecule has 132 valence electrons. The lowest BCUT2D eigenvalue weighted by Crippen LogP contribution is -2.47. The molecule has 0 spiro atoms. The molecule has 6 heteroatoms. The van der Waals surface area contributed by atoms with E-state index < -0.39 is 6.04 Å². The quantitative estimate of drug-likeness (QED) is 0.810. The molecule has 6 nitrogen and oxygen atoms in total. The summed E-state index contributed by atoms with van der Waals surface area (Å²) in [5, 5.41) is 5.58. The van der Waals surface area contributed by atoms with Gasteiger partial charge in [-0.3, -0.25) is 9.59 Å². The Bertz CT molecular complexity index is 700. The smallest absolute Gasteiger partial charge is 0.247 e. The molecule has 2 N–H and O–H groups in total. The van der Waals surface area contributed by atoms with Crippen LogP contribution in [0, 0.1) is 5.92 Å². The SMILES string of the molecule is COc1ccc(NC(=O)[C@@H](NC(=O)Cc2ccccc2)C(C)C)cn1. The second-order valence-electron chi connectivity index (χ2n) is 6.03. The molecule has 2 aromatic rings. The Hall–Kier alpha value is -2.89. The average Bonchev–Trinajstić information content (AvgIpc) is 2.61. The summed E-state index contributed by atoms with van der Waals surface area (Å²) in [4.78, 5) is 28.8. The second kappa shape index (κ2) is 8.82. The molecule has 0 saturated carbocycles. The molecule has 0 saturated heterocycles. The molecule has 0 aliphatic rings. The van der Waals surface area contributed by atoms with Crippen LogP contribution in [0.3, 0.4) is 0 Å². The highest BCUT2D eigenvalue weighted by Gasteiger charge is 2.24. The van der Waals surface area contributed by atoms with Gasteiger partial charge in [-0.15, -0.1) is 0 Å². The van der Waals surface area contributed by atoms with Gasteiger partial charge in [0.2, 0.25) is 17.7 Å². The summed E-state index contributed by atoms with van der Waals surface area (Å²) in [5.74, 6) is -0.0446. The maximum atomic E-state index is 12.5. The van der Waals surface area contributed by atoms with Crippen molar-refractivity contribution in [3.8, 4) is 5.88 Å². The fraction of sp³-hybridized carbons (Fsp3) is 0.316. The van der Waals surface area contributed by atoms with Gasteiger partial charge in [-0.2, -0.15) is 0 Å². The molecular formula is C19H23N3O3. The van der Waals surface area contributed by atoms with E-state index in [1.807, 2.05) is 44.2 Å². The summed E-state index contributed by atoms with van der Waals surface area (Å²) in [6.45, 7) is 3.78. The first-order chi connectivity index (χ1) is 12.0. The summed E-state index contributed by atoms with van der Waals surface area (Å²) in [7, 11) is 1.53. The van der Waals surface area contributed by atoms with E-state index in [-0.39, 0.29) is 24.2 Å². The van der Waals surface area contributed by atoms with Gasteiger partial charge in [0.05, 0.1) is 25.4 Å². The predicted octanol–water partition coefficient (Wildman–Crippen LogP) is 2.41. The average molecular weight is 341 g/mol. The lowest BCUT2D eigenvalue weighted by Gasteiger charge is -2.21. The van der Waals surface area contributed by atoms with Crippen molar-refractivity contribution in [2.24, 2.45) is 5.92 Å². The number of methoxy groups -OCH3 is 1. The minimum Gasteiger partial charge on any atom is -0.481 e. The van der Waals surface area contributed by atoms with E-state index in [2.05, 4.69) is 15.6 Å². The lowest BCUT2D eigenvalue weighted by atomic mass is 10.0. The number of aromatic nitrogens is 1. The highest BCUT2D eigenvalue weighted by molar-refractivity contribution is 5.97. The number of benzene rings is 1. The first kappa shape index (κ1) is 18.4. The number of anilines is 1. The van der Waals surface area contributed by atoms with Crippen molar-refractivity contribution in [1.82, 2.24) is 10.3 Å². The van der Waals surface area contributed by atoms with E-state index >= 15 is 0 Å². The number of pyridine rings is 1. The number of amides is 2. The zero-order valence-electron chi connectivity index (χ0n) is 14.7. The van der Waals surface area contributed by atoms with Crippen LogP contribution in [0.25, 0.3) is 0 Å². The monoisotopic (exact) mass is 341 g/mol. The topological polar surface area (TPSA) is 80.3 Å². The Labute approximate surface area is 147 Å². The number of hydrogen-bond donors (Lipinski definition) is 2. The van der Waals surface area contributed by atoms with Crippen molar-refractivity contribution in [1.29, 1.82) is 0 Å². The zero-order chi connectivity index (χ0) is 18.2. The van der Waals surface area contributed by atoms with Crippen LogP contribution in [0.5, 0.6) is 5.88 Å². The number of carbonyl (C=O) groups is 2. The Morgan fingerprint density at radius 1 is 1.12 bits per heavy atom. The molecule has 0 fully saturated rings. The van der Waals surface area contributed by atoms with E-state index in [0.29, 0.717) is 11.6 Å². The van der Waals surface area contributed by atoms with Crippen LogP contribution in [-0.2, 0) is 16.0 Å². The minimum absolute atomic E-state index is 0.0501. The number of nitrogens with one attached hydrogen (secondary N) is 2. The number of carbonyl (C=O) groups excluding carboxylic acids is 2. The largest absolute Gasteiger partial charge is 0.481 e. The molecule has 1 aromatic carbocycles. The summed E-state index contributed by atoms with van der Waals surface area (Å²) >= 11 is 0. The van der Waals surface area contributed by atoms with Crippen molar-refractivity contribution in [2.45, 2.75) is 26.3 Å². The molecule has 0 radical (unpaired) electrons. The molecule has 25 heavy (non-hydrogen) atoms. The normalized spacial score (nSPS) is 11.7. The molecule has 0 aliphatic heterocycles. The highest BCUT2D eigenvalue weighted by Crippen LogP contribution is 2.13. The van der Waals surface area contributed by atoms with E-state index in [0.717, 1.165) is 5.56 Å². The summed E-state index contributed by atoms with van der Waals surface area (Å²) in [6, 6.07) is 12.2. The van der Waals surface area contributed by atoms with Crippen molar-refractivity contribution in [3.63, 3.8) is 0 Å². The third-order valence-corrected chi connectivity index (χ3v) is 3.69. The molecule has 0 unspecified atom stereocenters. The van der Waals surface area contributed by atoms with Crippen molar-refractivity contribution in [3.05, 3.63) is 54.2 Å². The van der Waals surface area contributed by atoms with E-state index in [9.17, 15) is 9.59 Å². The summed E-state index contributed by atoms with van der Waals surface area (Å²) in [5.41, 5.74) is 1.45. The Morgan fingerprint density at radius 2 is 1.84 bits per heavy atom. The van der Waals surface area contributed by atoms with E-state index in [1.54, 1.807) is 12.1 Å². The molecule has 2 amide bonds. The number of hydrogen-bond acceptors (Lipinski definition) is 4. The van der Waals surface area contributed by atoms with Crippen molar-refractivity contribution in [2.75, 3.05) is 12.4 Å². The Balaban J connectivity index is 1.98. The summed E-state index contributed by atoms with van der Waals surface area (Å²) in [6.07, 6.45) is 1.75. The van der Waals surface area contributed by atoms with Crippen LogP contribution in [0.4, 0.5) is 5.69 Å². The maximum Gasteiger partial charge on any atom is 0.247 e. The highest BCUT2D eigenvalue weighted by atomic mass is 16.5. The predicted molar refractivity (Wildman–Crippen MR) is 96.3 cm³/mol. The van der Waals surface area contributed by atoms with E-state index in [1.165, 1.54) is 13.3 Å². The standard InChI is InChI=1S/C19H23N3O3/c1-13(2)18(22-16(23)11-14-7-5-4-6-8-14)19(24)21-15-9-10-17(25-3)20-12-15/h4-10,12-13,18H,11H2,1-3H3,(H,21,24)(H,22,23)/t18-/m0/s1. The molecule has 1 heterocycles. The van der Waals surface area contributed by atoms with Gasteiger partial charge >= 0.3 is 0 Å². The fourth-order valence-electron chi connectivity index (χ4n) is 2.34. The molecule has 0 aliphatic carbocycles. The third-order valence-electron chi connectivity index (χ3n) is 3.69. The number of rotatable bonds is 7. The molecular weight excluding hydrogens is 318 g/mol. The van der Waals surface area contributed by atoms with Crippen molar-refractivity contribution < 1.29 is 14.3 Å². The summed E-state index contributed by atoms with van der Waals surface area (Å²) < 4.78 is 4.99. The zero-order valence-corrected chi connectivity index (χ0v) is 14.7. The van der Waals surface area contributed by atoms with Gasteiger partial charge in [0.1, 0.15) is 6.04 Å². The van der Waals surface area contributed by atoms with E-state index in [4.69, 9.17) is 4.74 Å². The van der Waals surface area contributed by atoms with Gasteiger partial charge in [0.25, 0.3) is 0 Å². The van der Waals surface area contributed by atoms with Crippen LogP contribution in [-0.4, -0.2) is 29.9 Å². The first-order valence-electron chi connectivity index (χ1n) is 8.13. The molecule has 2 rings (SSSR count). The van der Waals surface area contributed by atoms with Crippen LogP contribution in [0.1, 0.15) is 19.4 Å². The lowest BCUT2D eigenvalue weighted by molar-refractivity contribution is -0.127. The van der Waals surface area contributed by atoms with Gasteiger partial charge in [-0.05, 0) is 17.5 Å². The number of ether oxygens (including phenoxy) is 1. The van der Waals surface area contributed by atoms with Crippen LogP contribution in [0.2, 0.25) is 0 Å². The van der Waals surface area contributed by atoms with Crippen LogP contribution >= 0.6 is 0 Å². The minimum atomic E-state index is -0.627. The van der Waals surface area contributed by atoms with Gasteiger partial charge in [0, 0.05) is 6.07 Å². The first-order valence-corrected chi connectivity index (χ1v) is 8.13. The van der Waals surface area contributed by atoms with Gasteiger partial charge in [-0.25, -0.2) is 4.98 Å². The molecule has 0 bridgehead atoms. The molecule has 1 aromatic heterocycles.